The van der Waals surface area contributed by atoms with Gasteiger partial charge in [-0.05, 0) is 59.7 Å². The van der Waals surface area contributed by atoms with Gasteiger partial charge in [0.15, 0.2) is 0 Å². The molecular weight excluding hydrogens is 534 g/mol. The van der Waals surface area contributed by atoms with Crippen LogP contribution in [0, 0.1) is 0 Å². The van der Waals surface area contributed by atoms with Gasteiger partial charge < -0.3 is 10.3 Å². The first-order valence-electron chi connectivity index (χ1n) is 12.1. The second kappa shape index (κ2) is 10.0. The maximum absolute atomic E-state index is 13.6. The number of alkyl halides is 1. The lowest BCUT2D eigenvalue weighted by molar-refractivity contribution is -0.115. The third kappa shape index (κ3) is 4.67. The molecule has 0 atom stereocenters. The highest BCUT2D eigenvalue weighted by atomic mass is 35.5. The van der Waals surface area contributed by atoms with Crippen molar-refractivity contribution in [3.05, 3.63) is 109 Å². The minimum atomic E-state index is -3.99. The summed E-state index contributed by atoms with van der Waals surface area (Å²) in [4.78, 5) is 20.9. The van der Waals surface area contributed by atoms with E-state index in [9.17, 15) is 13.2 Å². The third-order valence-corrected chi connectivity index (χ3v) is 8.34. The largest absolute Gasteiger partial charge is 0.361 e. The predicted molar refractivity (Wildman–Crippen MR) is 152 cm³/mol. The van der Waals surface area contributed by atoms with Crippen molar-refractivity contribution in [3.8, 4) is 11.1 Å². The number of aromatic amines is 1. The molecular formula is C29H22ClN5O3S. The van der Waals surface area contributed by atoms with Gasteiger partial charge in [0.1, 0.15) is 0 Å². The minimum Gasteiger partial charge on any atom is -0.361 e. The molecule has 0 fully saturated rings. The van der Waals surface area contributed by atoms with Crippen LogP contribution < -0.4 is 5.32 Å². The van der Waals surface area contributed by atoms with E-state index in [0.29, 0.717) is 28.0 Å². The molecule has 0 aliphatic carbocycles. The summed E-state index contributed by atoms with van der Waals surface area (Å²) < 4.78 is 28.1. The predicted octanol–water partition coefficient (Wildman–Crippen LogP) is 5.74. The first kappa shape index (κ1) is 24.8. The Labute approximate surface area is 229 Å². The van der Waals surface area contributed by atoms with Crippen LogP contribution in [0.25, 0.3) is 32.9 Å². The van der Waals surface area contributed by atoms with Crippen molar-refractivity contribution < 1.29 is 13.2 Å². The topological polar surface area (TPSA) is 110 Å². The number of aromatic nitrogens is 4. The van der Waals surface area contributed by atoms with E-state index >= 15 is 0 Å². The molecule has 6 rings (SSSR count). The molecule has 6 aromatic rings. The monoisotopic (exact) mass is 555 g/mol. The Morgan fingerprint density at radius 1 is 0.923 bits per heavy atom. The Bertz CT molecular complexity index is 1950. The van der Waals surface area contributed by atoms with E-state index in [1.807, 2.05) is 42.6 Å². The molecule has 3 aromatic carbocycles. The zero-order valence-corrected chi connectivity index (χ0v) is 22.1. The van der Waals surface area contributed by atoms with Crippen LogP contribution in [-0.4, -0.2) is 33.5 Å². The van der Waals surface area contributed by atoms with Crippen LogP contribution in [0.2, 0.25) is 0 Å². The number of nitrogens with zero attached hydrogens (tertiary/aromatic N) is 3. The Morgan fingerprint density at radius 2 is 1.72 bits per heavy atom. The van der Waals surface area contributed by atoms with Crippen molar-refractivity contribution in [1.82, 2.24) is 19.2 Å². The summed E-state index contributed by atoms with van der Waals surface area (Å²) in [6, 6.07) is 24.9. The smallest absolute Gasteiger partial charge is 0.283 e. The van der Waals surface area contributed by atoms with Gasteiger partial charge in [-0.25, -0.2) is 0 Å². The molecule has 0 bridgehead atoms. The lowest BCUT2D eigenvalue weighted by Crippen LogP contribution is -2.16. The van der Waals surface area contributed by atoms with E-state index in [2.05, 4.69) is 20.4 Å². The van der Waals surface area contributed by atoms with Crippen molar-refractivity contribution in [1.29, 1.82) is 0 Å². The highest BCUT2D eigenvalue weighted by Crippen LogP contribution is 2.35. The van der Waals surface area contributed by atoms with Gasteiger partial charge in [-0.15, -0.1) is 11.6 Å². The second-order valence-electron chi connectivity index (χ2n) is 8.99. The quantitative estimate of drug-likeness (QED) is 0.244. The average molecular weight is 556 g/mol. The number of carbonyl (C=O) groups excluding carboxylic acids is 1. The summed E-state index contributed by atoms with van der Waals surface area (Å²) in [5.41, 5.74) is 4.61. The molecule has 0 spiro atoms. The van der Waals surface area contributed by atoms with Gasteiger partial charge >= 0.3 is 0 Å². The summed E-state index contributed by atoms with van der Waals surface area (Å²) in [6.45, 7) is 0. The van der Waals surface area contributed by atoms with E-state index in [1.54, 1.807) is 36.4 Å². The van der Waals surface area contributed by atoms with Crippen LogP contribution in [0.15, 0.2) is 102 Å². The molecule has 8 nitrogen and oxygen atoms in total. The summed E-state index contributed by atoms with van der Waals surface area (Å²) in [5, 5.41) is 8.67. The number of hydrogen-bond donors (Lipinski definition) is 2. The van der Waals surface area contributed by atoms with Crippen LogP contribution in [0.5, 0.6) is 0 Å². The van der Waals surface area contributed by atoms with E-state index in [-0.39, 0.29) is 23.1 Å². The van der Waals surface area contributed by atoms with Crippen LogP contribution in [0.1, 0.15) is 11.4 Å². The van der Waals surface area contributed by atoms with Crippen molar-refractivity contribution in [2.45, 2.75) is 17.2 Å². The average Bonchev–Trinajstić information content (AvgIpc) is 3.61. The summed E-state index contributed by atoms with van der Waals surface area (Å²) in [5.74, 6) is -0.0519. The van der Waals surface area contributed by atoms with Gasteiger partial charge in [0.05, 0.1) is 46.0 Å². The van der Waals surface area contributed by atoms with Crippen LogP contribution in [0.3, 0.4) is 0 Å². The number of H-pyrrole nitrogens is 1. The van der Waals surface area contributed by atoms with Crippen molar-refractivity contribution in [2.75, 3.05) is 5.32 Å². The van der Waals surface area contributed by atoms with Gasteiger partial charge in [0.25, 0.3) is 10.0 Å². The maximum Gasteiger partial charge on any atom is 0.283 e. The third-order valence-electron chi connectivity index (χ3n) is 6.45. The Kier molecular flexibility index (Phi) is 6.38. The Balaban J connectivity index is 1.49. The first-order valence-corrected chi connectivity index (χ1v) is 14.1. The lowest BCUT2D eigenvalue weighted by atomic mass is 9.99. The molecule has 0 unspecified atom stereocenters. The number of anilines is 1. The minimum absolute atomic E-state index is 0.0281. The van der Waals surface area contributed by atoms with E-state index in [0.717, 1.165) is 26.1 Å². The fraction of sp³-hybridized carbons (Fsp3) is 0.0690. The van der Waals surface area contributed by atoms with Crippen molar-refractivity contribution >= 4 is 55.0 Å². The van der Waals surface area contributed by atoms with Crippen molar-refractivity contribution in [2.24, 2.45) is 0 Å². The number of nitrogens with one attached hydrogen (secondary N) is 2. The SMILES string of the molecule is O=C(Cc1cccc(CCl)n1)Nc1cc(-c2cccc3[nH]ccc23)cc2c1cnn2S(=O)(=O)c1ccccc1. The van der Waals surface area contributed by atoms with Crippen LogP contribution >= 0.6 is 11.6 Å². The van der Waals surface area contributed by atoms with Gasteiger partial charge in [-0.1, -0.05) is 36.4 Å². The molecule has 0 saturated heterocycles. The zero-order valence-electron chi connectivity index (χ0n) is 20.5. The number of halogens is 1. The standard InChI is InChI=1S/C29H22ClN5O3S/c30-17-21-7-4-6-20(33-21)16-29(36)34-27-14-19(23-10-5-11-26-24(23)12-13-31-26)15-28-25(27)18-32-35(28)39(37,38)22-8-2-1-3-9-22/h1-15,18,31H,16-17H2,(H,34,36). The molecule has 39 heavy (non-hydrogen) atoms. The second-order valence-corrected chi connectivity index (χ2v) is 11.0. The number of benzene rings is 3. The first-order chi connectivity index (χ1) is 18.9. The van der Waals surface area contributed by atoms with Crippen molar-refractivity contribution in [3.63, 3.8) is 0 Å². The molecule has 3 heterocycles. The molecule has 10 heteroatoms. The summed E-state index contributed by atoms with van der Waals surface area (Å²) in [6.07, 6.45) is 3.33. The van der Waals surface area contributed by atoms with Gasteiger partial charge in [0, 0.05) is 22.5 Å². The fourth-order valence-electron chi connectivity index (χ4n) is 4.65. The molecule has 194 valence electrons. The molecule has 3 aromatic heterocycles. The van der Waals surface area contributed by atoms with Gasteiger partial charge in [-0.2, -0.15) is 17.6 Å². The lowest BCUT2D eigenvalue weighted by Gasteiger charge is -2.12. The Morgan fingerprint density at radius 3 is 2.54 bits per heavy atom. The normalized spacial score (nSPS) is 11.7. The highest BCUT2D eigenvalue weighted by molar-refractivity contribution is 7.90. The molecule has 2 N–H and O–H groups in total. The number of hydrogen-bond acceptors (Lipinski definition) is 5. The zero-order chi connectivity index (χ0) is 27.0. The molecule has 0 radical (unpaired) electrons. The molecule has 0 saturated carbocycles. The van der Waals surface area contributed by atoms with Gasteiger partial charge in [-0.3, -0.25) is 9.78 Å². The summed E-state index contributed by atoms with van der Waals surface area (Å²) in [7, 11) is -3.99. The van der Waals surface area contributed by atoms with Crippen LogP contribution in [0.4, 0.5) is 5.69 Å². The maximum atomic E-state index is 13.6. The van der Waals surface area contributed by atoms with E-state index in [4.69, 9.17) is 11.6 Å². The number of amides is 1. The number of pyridine rings is 1. The molecule has 0 aliphatic rings. The summed E-state index contributed by atoms with van der Waals surface area (Å²) >= 11 is 5.90. The van der Waals surface area contributed by atoms with Crippen LogP contribution in [-0.2, 0) is 27.1 Å². The Hall–Kier alpha value is -4.47. The fourth-order valence-corrected chi connectivity index (χ4v) is 6.08. The van der Waals surface area contributed by atoms with E-state index in [1.165, 1.54) is 18.3 Å². The number of rotatable bonds is 7. The van der Waals surface area contributed by atoms with E-state index < -0.39 is 10.0 Å². The molecule has 1 amide bonds. The van der Waals surface area contributed by atoms with Gasteiger partial charge in [0.2, 0.25) is 5.91 Å². The highest BCUT2D eigenvalue weighted by Gasteiger charge is 2.23. The number of fused-ring (bicyclic) bond motifs is 2. The number of carbonyl (C=O) groups is 1. The molecule has 0 aliphatic heterocycles.